The predicted molar refractivity (Wildman–Crippen MR) is 75.8 cm³/mol. The van der Waals surface area contributed by atoms with Crippen LogP contribution in [0.1, 0.15) is 25.3 Å². The molecule has 1 aromatic rings. The molecule has 2 nitrogen and oxygen atoms in total. The SMILES string of the molecule is CC1CC(CN)(N(C)Cc2ccc(Br)cc2)C1. The molecule has 0 unspecified atom stereocenters. The molecule has 2 rings (SSSR count). The van der Waals surface area contributed by atoms with Crippen molar-refractivity contribution in [2.75, 3.05) is 13.6 Å². The zero-order valence-corrected chi connectivity index (χ0v) is 12.2. The quantitative estimate of drug-likeness (QED) is 0.925. The zero-order chi connectivity index (χ0) is 12.5. The molecule has 0 aromatic heterocycles. The Balaban J connectivity index is 2.01. The Morgan fingerprint density at radius 3 is 2.41 bits per heavy atom. The lowest BCUT2D eigenvalue weighted by Crippen LogP contribution is -2.59. The van der Waals surface area contributed by atoms with Gasteiger partial charge in [-0.25, -0.2) is 0 Å². The smallest absolute Gasteiger partial charge is 0.0337 e. The predicted octanol–water partition coefficient (Wildman–Crippen LogP) is 3.01. The van der Waals surface area contributed by atoms with Crippen molar-refractivity contribution in [2.24, 2.45) is 11.7 Å². The molecule has 2 N–H and O–H groups in total. The van der Waals surface area contributed by atoms with E-state index in [1.807, 2.05) is 0 Å². The summed E-state index contributed by atoms with van der Waals surface area (Å²) < 4.78 is 1.13. The molecular weight excluding hydrogens is 276 g/mol. The van der Waals surface area contributed by atoms with E-state index in [2.05, 4.69) is 59.1 Å². The third-order valence-electron chi connectivity index (χ3n) is 3.98. The van der Waals surface area contributed by atoms with Crippen LogP contribution < -0.4 is 5.73 Å². The van der Waals surface area contributed by atoms with E-state index in [0.29, 0.717) is 0 Å². The van der Waals surface area contributed by atoms with Gasteiger partial charge in [0.2, 0.25) is 0 Å². The molecule has 0 atom stereocenters. The van der Waals surface area contributed by atoms with Crippen LogP contribution in [0.15, 0.2) is 28.7 Å². The molecule has 1 aliphatic carbocycles. The Bertz CT molecular complexity index is 368. The molecule has 17 heavy (non-hydrogen) atoms. The van der Waals surface area contributed by atoms with Crippen LogP contribution in [0, 0.1) is 5.92 Å². The Hall–Kier alpha value is -0.380. The molecule has 94 valence electrons. The topological polar surface area (TPSA) is 29.3 Å². The normalized spacial score (nSPS) is 28.2. The van der Waals surface area contributed by atoms with E-state index in [9.17, 15) is 0 Å². The number of nitrogens with zero attached hydrogens (tertiary/aromatic N) is 1. The second-order valence-electron chi connectivity index (χ2n) is 5.42. The van der Waals surface area contributed by atoms with Gasteiger partial charge in [-0.05, 0) is 43.5 Å². The highest BCUT2D eigenvalue weighted by Crippen LogP contribution is 2.41. The fourth-order valence-electron chi connectivity index (χ4n) is 2.90. The molecule has 3 heteroatoms. The molecular formula is C14H21BrN2. The van der Waals surface area contributed by atoms with E-state index >= 15 is 0 Å². The maximum absolute atomic E-state index is 5.96. The van der Waals surface area contributed by atoms with Crippen molar-refractivity contribution in [1.82, 2.24) is 4.90 Å². The molecule has 1 saturated carbocycles. The van der Waals surface area contributed by atoms with Crippen LogP contribution in [0.3, 0.4) is 0 Å². The van der Waals surface area contributed by atoms with E-state index < -0.39 is 0 Å². The first-order chi connectivity index (χ1) is 8.05. The van der Waals surface area contributed by atoms with Crippen molar-refractivity contribution in [3.05, 3.63) is 34.3 Å². The largest absolute Gasteiger partial charge is 0.329 e. The van der Waals surface area contributed by atoms with Crippen molar-refractivity contribution in [1.29, 1.82) is 0 Å². The minimum Gasteiger partial charge on any atom is -0.329 e. The second-order valence-corrected chi connectivity index (χ2v) is 6.34. The van der Waals surface area contributed by atoms with E-state index in [1.54, 1.807) is 0 Å². The van der Waals surface area contributed by atoms with Crippen LogP contribution in [-0.4, -0.2) is 24.0 Å². The first kappa shape index (κ1) is 13.1. The van der Waals surface area contributed by atoms with Gasteiger partial charge in [-0.2, -0.15) is 0 Å². The van der Waals surface area contributed by atoms with Crippen molar-refractivity contribution in [2.45, 2.75) is 31.8 Å². The molecule has 0 aliphatic heterocycles. The van der Waals surface area contributed by atoms with E-state index in [1.165, 1.54) is 18.4 Å². The molecule has 0 spiro atoms. The van der Waals surface area contributed by atoms with Crippen LogP contribution in [0.5, 0.6) is 0 Å². The molecule has 0 saturated heterocycles. The third-order valence-corrected chi connectivity index (χ3v) is 4.51. The Labute approximate surface area is 112 Å². The summed E-state index contributed by atoms with van der Waals surface area (Å²) in [7, 11) is 2.20. The highest BCUT2D eigenvalue weighted by atomic mass is 79.9. The Morgan fingerprint density at radius 1 is 1.35 bits per heavy atom. The molecule has 0 amide bonds. The van der Waals surface area contributed by atoms with E-state index in [0.717, 1.165) is 23.5 Å². The summed E-state index contributed by atoms with van der Waals surface area (Å²) in [4.78, 5) is 2.43. The standard InChI is InChI=1S/C14H21BrN2/c1-11-7-14(8-11,10-16)17(2)9-12-3-5-13(15)6-4-12/h3-6,11H,7-10,16H2,1-2H3. The van der Waals surface area contributed by atoms with Crippen molar-refractivity contribution >= 4 is 15.9 Å². The average Bonchev–Trinajstić information content (AvgIpc) is 2.27. The lowest BCUT2D eigenvalue weighted by atomic mass is 9.68. The van der Waals surface area contributed by atoms with Crippen LogP contribution in [-0.2, 0) is 6.54 Å². The summed E-state index contributed by atoms with van der Waals surface area (Å²) in [5.41, 5.74) is 7.55. The van der Waals surface area contributed by atoms with Crippen LogP contribution in [0.25, 0.3) is 0 Å². The molecule has 1 aliphatic rings. The van der Waals surface area contributed by atoms with Crippen molar-refractivity contribution in [3.63, 3.8) is 0 Å². The highest BCUT2D eigenvalue weighted by molar-refractivity contribution is 9.10. The molecule has 0 heterocycles. The summed E-state index contributed by atoms with van der Waals surface area (Å²) in [5, 5.41) is 0. The highest BCUT2D eigenvalue weighted by Gasteiger charge is 2.43. The van der Waals surface area contributed by atoms with Crippen LogP contribution >= 0.6 is 15.9 Å². The lowest BCUT2D eigenvalue weighted by Gasteiger charge is -2.52. The number of likely N-dealkylation sites (N-methyl/N-ethyl adjacent to an activating group) is 1. The third kappa shape index (κ3) is 2.72. The summed E-state index contributed by atoms with van der Waals surface area (Å²) in [6.07, 6.45) is 2.47. The van der Waals surface area contributed by atoms with Gasteiger partial charge in [-0.1, -0.05) is 35.0 Å². The number of hydrogen-bond donors (Lipinski definition) is 1. The van der Waals surface area contributed by atoms with Gasteiger partial charge >= 0.3 is 0 Å². The van der Waals surface area contributed by atoms with Gasteiger partial charge in [0, 0.05) is 23.1 Å². The van der Waals surface area contributed by atoms with Crippen molar-refractivity contribution in [3.8, 4) is 0 Å². The first-order valence-corrected chi connectivity index (χ1v) is 7.01. The fourth-order valence-corrected chi connectivity index (χ4v) is 3.17. The second kappa shape index (κ2) is 5.09. The number of halogens is 1. The number of benzene rings is 1. The lowest BCUT2D eigenvalue weighted by molar-refractivity contribution is 0.000280. The van der Waals surface area contributed by atoms with Gasteiger partial charge in [0.25, 0.3) is 0 Å². The van der Waals surface area contributed by atoms with Gasteiger partial charge in [0.1, 0.15) is 0 Å². The van der Waals surface area contributed by atoms with Crippen LogP contribution in [0.4, 0.5) is 0 Å². The van der Waals surface area contributed by atoms with Crippen LogP contribution in [0.2, 0.25) is 0 Å². The summed E-state index contributed by atoms with van der Waals surface area (Å²) in [5.74, 6) is 0.825. The Kier molecular flexibility index (Phi) is 3.91. The number of nitrogens with two attached hydrogens (primary N) is 1. The number of hydrogen-bond acceptors (Lipinski definition) is 2. The van der Waals surface area contributed by atoms with Gasteiger partial charge in [0.15, 0.2) is 0 Å². The Morgan fingerprint density at radius 2 is 1.94 bits per heavy atom. The van der Waals surface area contributed by atoms with Crippen molar-refractivity contribution < 1.29 is 0 Å². The van der Waals surface area contributed by atoms with Gasteiger partial charge in [-0.3, -0.25) is 4.90 Å². The molecule has 0 radical (unpaired) electrons. The first-order valence-electron chi connectivity index (χ1n) is 6.21. The minimum absolute atomic E-state index is 0.243. The molecule has 1 aromatic carbocycles. The van der Waals surface area contributed by atoms with Gasteiger partial charge in [-0.15, -0.1) is 0 Å². The monoisotopic (exact) mass is 296 g/mol. The maximum atomic E-state index is 5.96. The minimum atomic E-state index is 0.243. The summed E-state index contributed by atoms with van der Waals surface area (Å²) in [6, 6.07) is 8.54. The average molecular weight is 297 g/mol. The maximum Gasteiger partial charge on any atom is 0.0337 e. The van der Waals surface area contributed by atoms with Gasteiger partial charge < -0.3 is 5.73 Å². The fraction of sp³-hybridized carbons (Fsp3) is 0.571. The van der Waals surface area contributed by atoms with Gasteiger partial charge in [0.05, 0.1) is 0 Å². The number of rotatable bonds is 4. The molecule has 0 bridgehead atoms. The van der Waals surface area contributed by atoms with E-state index in [-0.39, 0.29) is 5.54 Å². The summed E-state index contributed by atoms with van der Waals surface area (Å²) in [6.45, 7) is 4.06. The molecule has 1 fully saturated rings. The zero-order valence-electron chi connectivity index (χ0n) is 10.6. The summed E-state index contributed by atoms with van der Waals surface area (Å²) >= 11 is 3.46. The van der Waals surface area contributed by atoms with E-state index in [4.69, 9.17) is 5.73 Å².